The van der Waals surface area contributed by atoms with Gasteiger partial charge < -0.3 is 10.6 Å². The number of carbonyl (C=O) groups is 2. The van der Waals surface area contributed by atoms with Crippen LogP contribution in [-0.4, -0.2) is 17.6 Å². The van der Waals surface area contributed by atoms with Gasteiger partial charge in [-0.05, 0) is 59.3 Å². The van der Waals surface area contributed by atoms with Gasteiger partial charge in [-0.1, -0.05) is 59.6 Å². The molecule has 0 radical (unpaired) electrons. The number of nitrogens with one attached hydrogen (secondary N) is 2. The summed E-state index contributed by atoms with van der Waals surface area (Å²) in [4.78, 5) is 25.8. The number of amides is 2. The number of hydrogen-bond acceptors (Lipinski definition) is 3. The van der Waals surface area contributed by atoms with Crippen molar-refractivity contribution in [2.45, 2.75) is 4.90 Å². The molecule has 0 aromatic heterocycles. The Balaban J connectivity index is 1.36. The monoisotopic (exact) mass is 480 g/mol. The lowest BCUT2D eigenvalue weighted by molar-refractivity contribution is -0.113. The van der Waals surface area contributed by atoms with Crippen molar-refractivity contribution < 1.29 is 9.59 Å². The van der Waals surface area contributed by atoms with Crippen molar-refractivity contribution in [3.63, 3.8) is 0 Å². The van der Waals surface area contributed by atoms with Crippen molar-refractivity contribution in [1.82, 2.24) is 0 Å². The highest BCUT2D eigenvalue weighted by Gasteiger charge is 2.12. The van der Waals surface area contributed by atoms with Gasteiger partial charge in [0.25, 0.3) is 5.91 Å². The average molecular weight is 481 g/mol. The molecule has 2 amide bonds. The van der Waals surface area contributed by atoms with Crippen molar-refractivity contribution in [1.29, 1.82) is 0 Å². The van der Waals surface area contributed by atoms with Crippen molar-refractivity contribution in [3.05, 3.63) is 101 Å². The predicted octanol–water partition coefficient (Wildman–Crippen LogP) is 7.13. The summed E-state index contributed by atoms with van der Waals surface area (Å²) in [5, 5.41) is 8.69. The Labute approximate surface area is 199 Å². The SMILES string of the molecule is O=C(CSc1cccc(NC(=O)c2ccc(Cl)cc2Cl)c1)Nc1ccc2ccccc2c1. The van der Waals surface area contributed by atoms with E-state index in [9.17, 15) is 9.59 Å². The molecule has 7 heteroatoms. The summed E-state index contributed by atoms with van der Waals surface area (Å²) < 4.78 is 0. The van der Waals surface area contributed by atoms with Gasteiger partial charge >= 0.3 is 0 Å². The first kappa shape index (κ1) is 22.2. The van der Waals surface area contributed by atoms with Gasteiger partial charge in [-0.25, -0.2) is 0 Å². The van der Waals surface area contributed by atoms with E-state index in [2.05, 4.69) is 10.6 Å². The van der Waals surface area contributed by atoms with Gasteiger partial charge in [-0.15, -0.1) is 11.8 Å². The van der Waals surface area contributed by atoms with E-state index in [-0.39, 0.29) is 22.6 Å². The molecule has 160 valence electrons. The Kier molecular flexibility index (Phi) is 7.00. The number of rotatable bonds is 6. The first-order valence-electron chi connectivity index (χ1n) is 9.76. The van der Waals surface area contributed by atoms with E-state index in [0.29, 0.717) is 16.3 Å². The van der Waals surface area contributed by atoms with Crippen LogP contribution >= 0.6 is 35.0 Å². The van der Waals surface area contributed by atoms with Crippen LogP contribution in [-0.2, 0) is 4.79 Å². The molecule has 0 aliphatic heterocycles. The quantitative estimate of drug-likeness (QED) is 0.288. The van der Waals surface area contributed by atoms with Crippen molar-refractivity contribution in [2.75, 3.05) is 16.4 Å². The number of halogens is 2. The zero-order chi connectivity index (χ0) is 22.5. The third-order valence-corrected chi connectivity index (χ3v) is 6.21. The summed E-state index contributed by atoms with van der Waals surface area (Å²) in [6, 6.07) is 25.8. The number of anilines is 2. The maximum Gasteiger partial charge on any atom is 0.257 e. The van der Waals surface area contributed by atoms with E-state index in [4.69, 9.17) is 23.2 Å². The molecule has 4 aromatic carbocycles. The minimum absolute atomic E-state index is 0.104. The maximum atomic E-state index is 12.5. The second-order valence-corrected chi connectivity index (χ2v) is 8.90. The molecule has 0 unspecified atom stereocenters. The number of hydrogen-bond donors (Lipinski definition) is 2. The van der Waals surface area contributed by atoms with Crippen LogP contribution in [0.4, 0.5) is 11.4 Å². The van der Waals surface area contributed by atoms with Crippen molar-refractivity contribution in [3.8, 4) is 0 Å². The van der Waals surface area contributed by atoms with E-state index in [1.54, 1.807) is 18.2 Å². The molecule has 2 N–H and O–H groups in total. The summed E-state index contributed by atoms with van der Waals surface area (Å²) in [5.41, 5.74) is 1.71. The standard InChI is InChI=1S/C25H18Cl2N2O2S/c26-18-9-11-22(23(27)13-18)25(31)29-19-6-3-7-21(14-19)32-15-24(30)28-20-10-8-16-4-1-2-5-17(16)12-20/h1-14H,15H2,(H,28,30)(H,29,31). The van der Waals surface area contributed by atoms with Gasteiger partial charge in [0.1, 0.15) is 0 Å². The normalized spacial score (nSPS) is 10.7. The fraction of sp³-hybridized carbons (Fsp3) is 0.0400. The molecular weight excluding hydrogens is 463 g/mol. The third-order valence-electron chi connectivity index (χ3n) is 4.67. The highest BCUT2D eigenvalue weighted by molar-refractivity contribution is 8.00. The van der Waals surface area contributed by atoms with Gasteiger partial charge in [0, 0.05) is 21.3 Å². The lowest BCUT2D eigenvalue weighted by Gasteiger charge is -2.09. The molecule has 32 heavy (non-hydrogen) atoms. The summed E-state index contributed by atoms with van der Waals surface area (Å²) in [6.07, 6.45) is 0. The fourth-order valence-corrected chi connectivity index (χ4v) is 4.40. The van der Waals surface area contributed by atoms with E-state index in [1.165, 1.54) is 17.8 Å². The largest absolute Gasteiger partial charge is 0.325 e. The summed E-state index contributed by atoms with van der Waals surface area (Å²) in [5.74, 6) is -0.191. The topological polar surface area (TPSA) is 58.2 Å². The van der Waals surface area contributed by atoms with Gasteiger partial charge in [0.2, 0.25) is 5.91 Å². The molecule has 0 heterocycles. The van der Waals surface area contributed by atoms with Gasteiger partial charge in [0.05, 0.1) is 16.3 Å². The molecule has 0 fully saturated rings. The second kappa shape index (κ2) is 10.1. The van der Waals surface area contributed by atoms with Gasteiger partial charge in [-0.3, -0.25) is 9.59 Å². The summed E-state index contributed by atoms with van der Waals surface area (Å²) in [7, 11) is 0. The Bertz CT molecular complexity index is 1310. The van der Waals surface area contributed by atoms with Crippen LogP contribution in [0.1, 0.15) is 10.4 Å². The van der Waals surface area contributed by atoms with Crippen LogP contribution in [0.3, 0.4) is 0 Å². The predicted molar refractivity (Wildman–Crippen MR) is 134 cm³/mol. The lowest BCUT2D eigenvalue weighted by Crippen LogP contribution is -2.14. The van der Waals surface area contributed by atoms with Crippen LogP contribution in [0.25, 0.3) is 10.8 Å². The molecule has 0 spiro atoms. The number of fused-ring (bicyclic) bond motifs is 1. The zero-order valence-corrected chi connectivity index (χ0v) is 19.1. The number of benzene rings is 4. The highest BCUT2D eigenvalue weighted by Crippen LogP contribution is 2.25. The zero-order valence-electron chi connectivity index (χ0n) is 16.8. The second-order valence-electron chi connectivity index (χ2n) is 7.00. The molecule has 0 aliphatic rings. The summed E-state index contributed by atoms with van der Waals surface area (Å²) in [6.45, 7) is 0. The molecular formula is C25H18Cl2N2O2S. The van der Waals surface area contributed by atoms with Crippen molar-refractivity contribution in [2.24, 2.45) is 0 Å². The van der Waals surface area contributed by atoms with Crippen LogP contribution in [0.5, 0.6) is 0 Å². The molecule has 0 saturated heterocycles. The minimum Gasteiger partial charge on any atom is -0.325 e. The van der Waals surface area contributed by atoms with E-state index in [0.717, 1.165) is 21.4 Å². The highest BCUT2D eigenvalue weighted by atomic mass is 35.5. The Morgan fingerprint density at radius 1 is 0.750 bits per heavy atom. The van der Waals surface area contributed by atoms with Crippen molar-refractivity contribution >= 4 is 68.9 Å². The van der Waals surface area contributed by atoms with E-state index in [1.807, 2.05) is 60.7 Å². The van der Waals surface area contributed by atoms with Crippen LogP contribution in [0.2, 0.25) is 10.0 Å². The molecule has 4 aromatic rings. The minimum atomic E-state index is -0.331. The van der Waals surface area contributed by atoms with Crippen LogP contribution in [0, 0.1) is 0 Å². The van der Waals surface area contributed by atoms with Gasteiger partial charge in [-0.2, -0.15) is 0 Å². The summed E-state index contributed by atoms with van der Waals surface area (Å²) >= 11 is 13.4. The number of thioether (sulfide) groups is 1. The molecule has 0 atom stereocenters. The Morgan fingerprint density at radius 2 is 1.53 bits per heavy atom. The first-order valence-corrected chi connectivity index (χ1v) is 11.5. The van der Waals surface area contributed by atoms with Crippen LogP contribution < -0.4 is 10.6 Å². The molecule has 4 rings (SSSR count). The molecule has 0 saturated carbocycles. The maximum absolute atomic E-state index is 12.5. The van der Waals surface area contributed by atoms with E-state index < -0.39 is 0 Å². The van der Waals surface area contributed by atoms with Gasteiger partial charge in [0.15, 0.2) is 0 Å². The number of carbonyl (C=O) groups excluding carboxylic acids is 2. The molecule has 4 nitrogen and oxygen atoms in total. The van der Waals surface area contributed by atoms with Crippen LogP contribution in [0.15, 0.2) is 89.8 Å². The Hall–Kier alpha value is -2.99. The van der Waals surface area contributed by atoms with E-state index >= 15 is 0 Å². The lowest BCUT2D eigenvalue weighted by atomic mass is 10.1. The fourth-order valence-electron chi connectivity index (χ4n) is 3.15. The molecule has 0 aliphatic carbocycles. The Morgan fingerprint density at radius 3 is 2.34 bits per heavy atom. The average Bonchev–Trinajstić information content (AvgIpc) is 2.78. The molecule has 0 bridgehead atoms. The third kappa shape index (κ3) is 5.62. The first-order chi connectivity index (χ1) is 15.5. The smallest absolute Gasteiger partial charge is 0.257 e.